The number of rotatable bonds is 7. The van der Waals surface area contributed by atoms with Gasteiger partial charge in [0.25, 0.3) is 0 Å². The van der Waals surface area contributed by atoms with Crippen molar-refractivity contribution in [2.45, 2.75) is 52.4 Å². The van der Waals surface area contributed by atoms with E-state index in [1.54, 1.807) is 0 Å². The molecule has 1 aliphatic carbocycles. The molecule has 0 bridgehead atoms. The molecule has 0 saturated heterocycles. The van der Waals surface area contributed by atoms with Gasteiger partial charge in [-0.3, -0.25) is 0 Å². The molecule has 1 aromatic rings. The normalized spacial score (nSPS) is 22.0. The molecule has 0 spiro atoms. The molecular weight excluding hydrogens is 328 g/mol. The lowest BCUT2D eigenvalue weighted by atomic mass is 9.81. The van der Waals surface area contributed by atoms with Crippen molar-refractivity contribution < 1.29 is 0 Å². The van der Waals surface area contributed by atoms with Crippen molar-refractivity contribution in [1.82, 2.24) is 9.97 Å². The maximum atomic E-state index is 4.52. The molecule has 1 aromatic heterocycles. The first-order valence-corrected chi connectivity index (χ1v) is 8.98. The first-order chi connectivity index (χ1) is 10.2. The highest BCUT2D eigenvalue weighted by atomic mass is 79.9. The Balaban J connectivity index is 1.79. The number of hydrogen-bond donors (Lipinski definition) is 2. The van der Waals surface area contributed by atoms with E-state index in [1.807, 2.05) is 6.20 Å². The molecule has 0 amide bonds. The second kappa shape index (κ2) is 8.57. The first-order valence-electron chi connectivity index (χ1n) is 8.19. The fourth-order valence-corrected chi connectivity index (χ4v) is 3.16. The highest BCUT2D eigenvalue weighted by Crippen LogP contribution is 2.30. The molecule has 0 unspecified atom stereocenters. The Hall–Kier alpha value is -0.840. The molecule has 0 atom stereocenters. The monoisotopic (exact) mass is 354 g/mol. The third-order valence-corrected chi connectivity index (χ3v) is 4.84. The van der Waals surface area contributed by atoms with E-state index in [0.29, 0.717) is 5.95 Å². The number of hydrogen-bond acceptors (Lipinski definition) is 4. The Morgan fingerprint density at radius 1 is 1.19 bits per heavy atom. The Kier molecular flexibility index (Phi) is 6.74. The fraction of sp³-hybridized carbons (Fsp3) is 0.750. The van der Waals surface area contributed by atoms with Crippen LogP contribution in [0.1, 0.15) is 52.4 Å². The highest BCUT2D eigenvalue weighted by Gasteiger charge is 2.17. The van der Waals surface area contributed by atoms with Crippen LogP contribution < -0.4 is 10.6 Å². The summed E-state index contributed by atoms with van der Waals surface area (Å²) in [6.07, 6.45) is 9.69. The Morgan fingerprint density at radius 3 is 2.67 bits per heavy atom. The second-order valence-electron chi connectivity index (χ2n) is 6.16. The summed E-state index contributed by atoms with van der Waals surface area (Å²) < 4.78 is 0.932. The zero-order valence-corrected chi connectivity index (χ0v) is 14.7. The summed E-state index contributed by atoms with van der Waals surface area (Å²) in [6, 6.07) is 0. The van der Waals surface area contributed by atoms with Gasteiger partial charge < -0.3 is 10.6 Å². The largest absolute Gasteiger partial charge is 0.369 e. The molecule has 1 fully saturated rings. The number of nitrogens with one attached hydrogen (secondary N) is 2. The average Bonchev–Trinajstić information content (AvgIpc) is 2.50. The molecular formula is C16H27BrN4. The zero-order valence-electron chi connectivity index (χ0n) is 13.2. The minimum absolute atomic E-state index is 0.703. The molecule has 1 heterocycles. The number of nitrogens with zero attached hydrogens (tertiary/aromatic N) is 2. The number of anilines is 2. The van der Waals surface area contributed by atoms with E-state index in [-0.39, 0.29) is 0 Å². The molecule has 0 aromatic carbocycles. The lowest BCUT2D eigenvalue weighted by Crippen LogP contribution is -2.16. The number of aromatic nitrogens is 2. The van der Waals surface area contributed by atoms with Gasteiger partial charge in [0, 0.05) is 19.3 Å². The van der Waals surface area contributed by atoms with E-state index in [4.69, 9.17) is 0 Å². The summed E-state index contributed by atoms with van der Waals surface area (Å²) >= 11 is 3.52. The molecule has 0 radical (unpaired) electrons. The molecule has 2 N–H and O–H groups in total. The second-order valence-corrected chi connectivity index (χ2v) is 7.01. The molecule has 118 valence electrons. The predicted molar refractivity (Wildman–Crippen MR) is 92.7 cm³/mol. The standard InChI is InChI=1S/C16H27BrN4/c1-3-9-19-16-20-11-14(17)15(21-16)18-10-8-13-6-4-12(2)5-7-13/h11-13H,3-10H2,1-2H3,(H2,18,19,20,21). The Bertz CT molecular complexity index is 430. The van der Waals surface area contributed by atoms with Crippen LogP contribution in [-0.4, -0.2) is 23.1 Å². The maximum Gasteiger partial charge on any atom is 0.224 e. The zero-order chi connectivity index (χ0) is 15.1. The highest BCUT2D eigenvalue weighted by molar-refractivity contribution is 9.10. The van der Waals surface area contributed by atoms with Gasteiger partial charge in [0.05, 0.1) is 4.47 Å². The maximum absolute atomic E-state index is 4.52. The van der Waals surface area contributed by atoms with Gasteiger partial charge in [0.2, 0.25) is 5.95 Å². The van der Waals surface area contributed by atoms with Crippen LogP contribution >= 0.6 is 15.9 Å². The number of halogens is 1. The van der Waals surface area contributed by atoms with Gasteiger partial charge in [-0.15, -0.1) is 0 Å². The smallest absolute Gasteiger partial charge is 0.224 e. The molecule has 4 nitrogen and oxygen atoms in total. The van der Waals surface area contributed by atoms with Crippen LogP contribution in [0.3, 0.4) is 0 Å². The van der Waals surface area contributed by atoms with Gasteiger partial charge in [-0.1, -0.05) is 39.5 Å². The van der Waals surface area contributed by atoms with Gasteiger partial charge in [0.1, 0.15) is 5.82 Å². The van der Waals surface area contributed by atoms with Crippen LogP contribution in [0.2, 0.25) is 0 Å². The first kappa shape index (κ1) is 16.5. The summed E-state index contributed by atoms with van der Waals surface area (Å²) in [4.78, 5) is 8.80. The SMILES string of the molecule is CCCNc1ncc(Br)c(NCCC2CCC(C)CC2)n1. The third-order valence-electron chi connectivity index (χ3n) is 4.26. The van der Waals surface area contributed by atoms with Gasteiger partial charge in [-0.2, -0.15) is 4.98 Å². The van der Waals surface area contributed by atoms with Crippen LogP contribution in [0, 0.1) is 11.8 Å². The van der Waals surface area contributed by atoms with Crippen LogP contribution in [0.4, 0.5) is 11.8 Å². The van der Waals surface area contributed by atoms with E-state index in [0.717, 1.165) is 41.6 Å². The topological polar surface area (TPSA) is 49.8 Å². The summed E-state index contributed by atoms with van der Waals surface area (Å²) in [5, 5.41) is 6.67. The van der Waals surface area contributed by atoms with Crippen LogP contribution in [0.5, 0.6) is 0 Å². The fourth-order valence-electron chi connectivity index (χ4n) is 2.83. The average molecular weight is 355 g/mol. The van der Waals surface area contributed by atoms with Crippen molar-refractivity contribution in [3.8, 4) is 0 Å². The molecule has 1 aliphatic rings. The third kappa shape index (κ3) is 5.46. The van der Waals surface area contributed by atoms with Crippen LogP contribution in [0.25, 0.3) is 0 Å². The van der Waals surface area contributed by atoms with Crippen molar-refractivity contribution in [2.24, 2.45) is 11.8 Å². The predicted octanol–water partition coefficient (Wildman–Crippen LogP) is 4.69. The lowest BCUT2D eigenvalue weighted by Gasteiger charge is -2.26. The van der Waals surface area contributed by atoms with Crippen molar-refractivity contribution in [1.29, 1.82) is 0 Å². The molecule has 2 rings (SSSR count). The summed E-state index contributed by atoms with van der Waals surface area (Å²) in [5.74, 6) is 3.41. The molecule has 1 saturated carbocycles. The van der Waals surface area contributed by atoms with Crippen molar-refractivity contribution in [2.75, 3.05) is 23.7 Å². The molecule has 21 heavy (non-hydrogen) atoms. The lowest BCUT2D eigenvalue weighted by molar-refractivity contribution is 0.282. The van der Waals surface area contributed by atoms with Crippen molar-refractivity contribution >= 4 is 27.7 Å². The van der Waals surface area contributed by atoms with E-state index in [1.165, 1.54) is 32.1 Å². The quantitative estimate of drug-likeness (QED) is 0.745. The van der Waals surface area contributed by atoms with E-state index >= 15 is 0 Å². The van der Waals surface area contributed by atoms with Crippen molar-refractivity contribution in [3.63, 3.8) is 0 Å². The molecule has 5 heteroatoms. The van der Waals surface area contributed by atoms with Crippen LogP contribution in [0.15, 0.2) is 10.7 Å². The van der Waals surface area contributed by atoms with Gasteiger partial charge >= 0.3 is 0 Å². The Morgan fingerprint density at radius 2 is 1.95 bits per heavy atom. The molecule has 0 aliphatic heterocycles. The van der Waals surface area contributed by atoms with E-state index in [9.17, 15) is 0 Å². The van der Waals surface area contributed by atoms with Crippen LogP contribution in [-0.2, 0) is 0 Å². The van der Waals surface area contributed by atoms with Gasteiger partial charge in [-0.25, -0.2) is 4.98 Å². The van der Waals surface area contributed by atoms with E-state index in [2.05, 4.69) is 50.4 Å². The summed E-state index contributed by atoms with van der Waals surface area (Å²) in [7, 11) is 0. The van der Waals surface area contributed by atoms with E-state index < -0.39 is 0 Å². The summed E-state index contributed by atoms with van der Waals surface area (Å²) in [5.41, 5.74) is 0. The minimum Gasteiger partial charge on any atom is -0.369 e. The summed E-state index contributed by atoms with van der Waals surface area (Å²) in [6.45, 7) is 6.40. The minimum atomic E-state index is 0.703. The van der Waals surface area contributed by atoms with Gasteiger partial charge in [0.15, 0.2) is 0 Å². The Labute approximate surface area is 136 Å². The van der Waals surface area contributed by atoms with Crippen molar-refractivity contribution in [3.05, 3.63) is 10.7 Å². The van der Waals surface area contributed by atoms with Gasteiger partial charge in [-0.05, 0) is 40.6 Å².